The third-order valence-corrected chi connectivity index (χ3v) is 6.06. The quantitative estimate of drug-likeness (QED) is 0.424. The highest BCUT2D eigenvalue weighted by Crippen LogP contribution is 2.36. The summed E-state index contributed by atoms with van der Waals surface area (Å²) in [4.78, 5) is 34.7. The molecule has 0 saturated carbocycles. The van der Waals surface area contributed by atoms with Crippen LogP contribution in [0.4, 0.5) is 38.0 Å². The molecule has 11 nitrogen and oxygen atoms in total. The zero-order valence-corrected chi connectivity index (χ0v) is 19.2. The van der Waals surface area contributed by atoms with Crippen molar-refractivity contribution in [3.05, 3.63) is 40.1 Å². The number of aromatic nitrogens is 4. The molecule has 3 fully saturated rings. The van der Waals surface area contributed by atoms with Crippen LogP contribution in [0.2, 0.25) is 0 Å². The summed E-state index contributed by atoms with van der Waals surface area (Å²) in [7, 11) is 0. The average molecular weight is 536 g/mol. The first-order valence-electron chi connectivity index (χ1n) is 11.0. The number of alkyl halides is 6. The molecule has 37 heavy (non-hydrogen) atoms. The Labute approximate surface area is 205 Å². The maximum atomic E-state index is 13.2. The lowest BCUT2D eigenvalue weighted by molar-refractivity contribution is -0.172. The Bertz CT molecular complexity index is 1180. The smallest absolute Gasteiger partial charge is 0.378 e. The van der Waals surface area contributed by atoms with Crippen LogP contribution >= 0.6 is 0 Å². The van der Waals surface area contributed by atoms with Crippen LogP contribution < -0.4 is 21.5 Å². The van der Waals surface area contributed by atoms with Crippen molar-refractivity contribution in [1.82, 2.24) is 25.1 Å². The van der Waals surface area contributed by atoms with Crippen LogP contribution in [0.15, 0.2) is 23.4 Å². The van der Waals surface area contributed by atoms with Gasteiger partial charge in [0.25, 0.3) is 11.5 Å². The molecule has 3 aliphatic rings. The number of amides is 1. The Morgan fingerprint density at radius 3 is 2.32 bits per heavy atom. The molecule has 0 aromatic carbocycles. The SMILES string of the molecule is C[C@@H](COC(C(N)=O)N1C2CC1CN(c1ncc(C(F)(F)F)cn1)C2)Nc1cn[nH]c(=O)c1C(F)(F)F. The fraction of sp³-hybridized carbons (Fsp3) is 0.550. The summed E-state index contributed by atoms with van der Waals surface area (Å²) in [5.41, 5.74) is 1.16. The zero-order chi connectivity index (χ0) is 27.1. The summed E-state index contributed by atoms with van der Waals surface area (Å²) in [6.45, 7) is 1.85. The van der Waals surface area contributed by atoms with Crippen LogP contribution in [0.1, 0.15) is 24.5 Å². The number of H-pyrrole nitrogens is 1. The summed E-state index contributed by atoms with van der Waals surface area (Å²) in [5.74, 6) is -0.696. The van der Waals surface area contributed by atoms with E-state index in [1.165, 1.54) is 6.92 Å². The molecule has 3 saturated heterocycles. The maximum Gasteiger partial charge on any atom is 0.423 e. The number of carbonyl (C=O) groups is 1. The summed E-state index contributed by atoms with van der Waals surface area (Å²) in [6, 6.07) is -1.25. The van der Waals surface area contributed by atoms with E-state index < -0.39 is 52.9 Å². The molecule has 5 rings (SSSR count). The molecule has 3 aliphatic heterocycles. The standard InChI is InChI=1S/C20H22F6N8O3/c1-9(31-13-5-30-32-16(36)14(13)20(24,25)26)8-37-17(15(27)35)34-11-2-12(34)7-33(6-11)18-28-3-10(4-29-18)19(21,22)23/h3-5,9,11-12,17H,2,6-8H2,1H3,(H2,27,35)(H2,31,32,36)/t9-,11?,12?,17?/m0/s1. The number of ether oxygens (including phenoxy) is 1. The summed E-state index contributed by atoms with van der Waals surface area (Å²) in [6.07, 6.45) is -7.78. The Kier molecular flexibility index (Phi) is 7.02. The van der Waals surface area contributed by atoms with Crippen molar-refractivity contribution in [2.75, 3.05) is 29.9 Å². The Balaban J connectivity index is 1.37. The number of hydrogen-bond acceptors (Lipinski definition) is 9. The van der Waals surface area contributed by atoms with E-state index in [9.17, 15) is 35.9 Å². The monoisotopic (exact) mass is 536 g/mol. The maximum absolute atomic E-state index is 13.2. The van der Waals surface area contributed by atoms with Crippen molar-refractivity contribution in [3.8, 4) is 0 Å². The first-order valence-corrected chi connectivity index (χ1v) is 11.0. The van der Waals surface area contributed by atoms with Gasteiger partial charge in [0.05, 0.1) is 24.1 Å². The Morgan fingerprint density at radius 1 is 1.16 bits per heavy atom. The highest BCUT2D eigenvalue weighted by Gasteiger charge is 2.50. The van der Waals surface area contributed by atoms with Gasteiger partial charge in [-0.25, -0.2) is 15.1 Å². The highest BCUT2D eigenvalue weighted by atomic mass is 19.4. The fourth-order valence-electron chi connectivity index (χ4n) is 4.46. The second kappa shape index (κ2) is 9.77. The second-order valence-corrected chi connectivity index (χ2v) is 8.78. The van der Waals surface area contributed by atoms with E-state index in [2.05, 4.69) is 20.4 Å². The molecule has 0 radical (unpaired) electrons. The minimum atomic E-state index is -4.92. The topological polar surface area (TPSA) is 142 Å². The van der Waals surface area contributed by atoms with Crippen molar-refractivity contribution in [2.24, 2.45) is 5.73 Å². The van der Waals surface area contributed by atoms with Crippen LogP contribution in [-0.2, 0) is 21.9 Å². The number of hydrogen-bond donors (Lipinski definition) is 3. The molecular weight excluding hydrogens is 514 g/mol. The number of carbonyl (C=O) groups excluding carboxylic acids is 1. The minimum Gasteiger partial charge on any atom is -0.378 e. The number of piperidine rings is 1. The summed E-state index contributed by atoms with van der Waals surface area (Å²) >= 11 is 0. The number of primary amides is 1. The lowest BCUT2D eigenvalue weighted by atomic mass is 9.87. The van der Waals surface area contributed by atoms with E-state index in [4.69, 9.17) is 10.5 Å². The van der Waals surface area contributed by atoms with E-state index >= 15 is 0 Å². The molecule has 2 aromatic rings. The number of anilines is 2. The molecule has 5 heterocycles. The van der Waals surface area contributed by atoms with E-state index in [1.807, 2.05) is 0 Å². The number of fused-ring (bicyclic) bond motifs is 2. The number of nitrogens with two attached hydrogens (primary N) is 1. The largest absolute Gasteiger partial charge is 0.423 e. The van der Waals surface area contributed by atoms with Crippen molar-refractivity contribution in [2.45, 2.75) is 50.1 Å². The fourth-order valence-corrected chi connectivity index (χ4v) is 4.46. The van der Waals surface area contributed by atoms with Crippen LogP contribution in [-0.4, -0.2) is 75.0 Å². The number of nitrogens with one attached hydrogen (secondary N) is 2. The molecule has 1 amide bonds. The molecular formula is C20H22F6N8O3. The van der Waals surface area contributed by atoms with Gasteiger partial charge in [0, 0.05) is 43.6 Å². The number of piperazine rings is 1. The van der Waals surface area contributed by atoms with Gasteiger partial charge in [-0.15, -0.1) is 0 Å². The van der Waals surface area contributed by atoms with Gasteiger partial charge < -0.3 is 20.7 Å². The van der Waals surface area contributed by atoms with Crippen molar-refractivity contribution in [3.63, 3.8) is 0 Å². The van der Waals surface area contributed by atoms with Gasteiger partial charge in [-0.3, -0.25) is 14.5 Å². The molecule has 202 valence electrons. The van der Waals surface area contributed by atoms with Gasteiger partial charge in [0.2, 0.25) is 5.95 Å². The minimum absolute atomic E-state index is 0.114. The lowest BCUT2D eigenvalue weighted by Crippen LogP contribution is -2.73. The van der Waals surface area contributed by atoms with Gasteiger partial charge >= 0.3 is 12.4 Å². The van der Waals surface area contributed by atoms with Gasteiger partial charge in [-0.05, 0) is 13.3 Å². The molecule has 3 unspecified atom stereocenters. The van der Waals surface area contributed by atoms with Crippen molar-refractivity contribution >= 4 is 17.5 Å². The summed E-state index contributed by atoms with van der Waals surface area (Å²) in [5, 5.41) is 7.63. The van der Waals surface area contributed by atoms with E-state index in [0.717, 1.165) is 6.20 Å². The number of aromatic amines is 1. The summed E-state index contributed by atoms with van der Waals surface area (Å²) < 4.78 is 83.7. The van der Waals surface area contributed by atoms with Crippen molar-refractivity contribution < 1.29 is 35.9 Å². The average Bonchev–Trinajstić information content (AvgIpc) is 2.80. The van der Waals surface area contributed by atoms with E-state index in [-0.39, 0.29) is 24.6 Å². The first-order chi connectivity index (χ1) is 17.3. The molecule has 0 spiro atoms. The molecule has 2 aromatic heterocycles. The molecule has 17 heteroatoms. The molecule has 4 N–H and O–H groups in total. The van der Waals surface area contributed by atoms with Gasteiger partial charge in [0.15, 0.2) is 6.23 Å². The lowest BCUT2D eigenvalue weighted by Gasteiger charge is -2.57. The first kappa shape index (κ1) is 26.6. The van der Waals surface area contributed by atoms with E-state index in [0.29, 0.717) is 31.9 Å². The van der Waals surface area contributed by atoms with E-state index in [1.54, 1.807) is 14.9 Å². The second-order valence-electron chi connectivity index (χ2n) is 8.78. The van der Waals surface area contributed by atoms with Crippen LogP contribution in [0.3, 0.4) is 0 Å². The number of halogens is 6. The zero-order valence-electron chi connectivity index (χ0n) is 19.2. The van der Waals surface area contributed by atoms with Gasteiger partial charge in [-0.2, -0.15) is 31.4 Å². The highest BCUT2D eigenvalue weighted by molar-refractivity contribution is 5.78. The number of nitrogens with zero attached hydrogens (tertiary/aromatic N) is 5. The normalized spacial score (nSPS) is 21.8. The van der Waals surface area contributed by atoms with Crippen LogP contribution in [0.25, 0.3) is 0 Å². The van der Waals surface area contributed by atoms with Crippen LogP contribution in [0.5, 0.6) is 0 Å². The third-order valence-electron chi connectivity index (χ3n) is 6.06. The molecule has 2 bridgehead atoms. The van der Waals surface area contributed by atoms with Gasteiger partial charge in [0.1, 0.15) is 5.56 Å². The van der Waals surface area contributed by atoms with Crippen molar-refractivity contribution in [1.29, 1.82) is 0 Å². The Morgan fingerprint density at radius 2 is 1.78 bits per heavy atom. The molecule has 4 atom stereocenters. The number of rotatable bonds is 8. The Hall–Kier alpha value is -3.47. The van der Waals surface area contributed by atoms with Gasteiger partial charge in [-0.1, -0.05) is 0 Å². The predicted octanol–water partition coefficient (Wildman–Crippen LogP) is 1.19. The molecule has 0 aliphatic carbocycles. The predicted molar refractivity (Wildman–Crippen MR) is 115 cm³/mol. The van der Waals surface area contributed by atoms with Crippen LogP contribution in [0, 0.1) is 0 Å². The third kappa shape index (κ3) is 5.61.